The number of benzene rings is 1. The molecular weight excluding hydrogens is 383 g/mol. The predicted octanol–water partition coefficient (Wildman–Crippen LogP) is 4.14. The van der Waals surface area contributed by atoms with E-state index in [0.29, 0.717) is 13.2 Å². The van der Waals surface area contributed by atoms with Gasteiger partial charge in [0, 0.05) is 63.3 Å². The maximum absolute atomic E-state index is 12.3. The lowest BCUT2D eigenvalue weighted by molar-refractivity contribution is -0.274. The zero-order chi connectivity index (χ0) is 21.3. The Hall–Kier alpha value is -2.19. The zero-order valence-corrected chi connectivity index (χ0v) is 17.3. The van der Waals surface area contributed by atoms with E-state index in [1.165, 1.54) is 17.8 Å². The molecule has 0 spiro atoms. The van der Waals surface area contributed by atoms with Crippen molar-refractivity contribution in [1.82, 2.24) is 10.2 Å². The second kappa shape index (κ2) is 11.1. The lowest BCUT2D eigenvalue weighted by atomic mass is 10.1. The summed E-state index contributed by atoms with van der Waals surface area (Å²) in [6.45, 7) is 9.08. The van der Waals surface area contributed by atoms with Crippen molar-refractivity contribution >= 4 is 5.69 Å². The van der Waals surface area contributed by atoms with Crippen LogP contribution in [-0.2, 0) is 4.74 Å². The van der Waals surface area contributed by atoms with Crippen LogP contribution in [0.5, 0.6) is 5.75 Å². The Kier molecular flexibility index (Phi) is 8.85. The molecule has 0 amide bonds. The Morgan fingerprint density at radius 2 is 1.72 bits per heavy atom. The van der Waals surface area contributed by atoms with E-state index in [9.17, 15) is 13.2 Å². The van der Waals surface area contributed by atoms with E-state index < -0.39 is 6.36 Å². The molecule has 1 N–H and O–H groups in total. The highest BCUT2D eigenvalue weighted by Crippen LogP contribution is 2.30. The molecule has 0 saturated carbocycles. The van der Waals surface area contributed by atoms with Crippen molar-refractivity contribution in [2.75, 3.05) is 51.3 Å². The largest absolute Gasteiger partial charge is 0.573 e. The number of allylic oxidation sites excluding steroid dienone is 1. The minimum absolute atomic E-state index is 0.220. The fourth-order valence-electron chi connectivity index (χ4n) is 3.27. The summed E-state index contributed by atoms with van der Waals surface area (Å²) < 4.78 is 46.2. The summed E-state index contributed by atoms with van der Waals surface area (Å²) in [5, 5.41) is 3.34. The quantitative estimate of drug-likeness (QED) is 0.759. The third-order valence-corrected chi connectivity index (χ3v) is 4.57. The molecule has 0 aromatic heterocycles. The van der Waals surface area contributed by atoms with Gasteiger partial charge in [-0.15, -0.1) is 13.2 Å². The van der Waals surface area contributed by atoms with Crippen LogP contribution in [-0.4, -0.2) is 57.7 Å². The van der Waals surface area contributed by atoms with E-state index in [0.717, 1.165) is 44.0 Å². The first-order valence-electron chi connectivity index (χ1n) is 9.95. The lowest BCUT2D eigenvalue weighted by Gasteiger charge is -2.36. The van der Waals surface area contributed by atoms with Gasteiger partial charge < -0.3 is 24.6 Å². The molecule has 162 valence electrons. The molecule has 0 bridgehead atoms. The standard InChI is InChI=1S/C19H24F3N3O2.C2H6/c1-26-13-7-17-14-16(24-11-8-23-9-12-24)6-10-25(17)15-2-4-18(5-3-15)27-19(20,21)22;1-2/h2-6,14,23H,7-13H2,1H3;1-2H3. The topological polar surface area (TPSA) is 37.0 Å². The maximum atomic E-state index is 12.3. The monoisotopic (exact) mass is 413 g/mol. The van der Waals surface area contributed by atoms with Crippen molar-refractivity contribution in [3.8, 4) is 5.75 Å². The number of halogens is 3. The van der Waals surface area contributed by atoms with Crippen LogP contribution in [0.15, 0.2) is 47.8 Å². The average Bonchev–Trinajstić information content (AvgIpc) is 2.74. The summed E-state index contributed by atoms with van der Waals surface area (Å²) in [5.74, 6) is -0.220. The van der Waals surface area contributed by atoms with Gasteiger partial charge in [-0.1, -0.05) is 13.8 Å². The number of piperazine rings is 1. The van der Waals surface area contributed by atoms with E-state index in [4.69, 9.17) is 4.74 Å². The molecule has 1 aromatic carbocycles. The molecule has 0 radical (unpaired) electrons. The van der Waals surface area contributed by atoms with Crippen LogP contribution in [0.25, 0.3) is 0 Å². The van der Waals surface area contributed by atoms with Crippen LogP contribution in [0, 0.1) is 0 Å². The molecule has 29 heavy (non-hydrogen) atoms. The van der Waals surface area contributed by atoms with Crippen molar-refractivity contribution < 1.29 is 22.6 Å². The number of nitrogens with zero attached hydrogens (tertiary/aromatic N) is 2. The maximum Gasteiger partial charge on any atom is 0.573 e. The number of rotatable bonds is 6. The highest BCUT2D eigenvalue weighted by molar-refractivity contribution is 5.57. The van der Waals surface area contributed by atoms with E-state index in [2.05, 4.69) is 32.0 Å². The van der Waals surface area contributed by atoms with Gasteiger partial charge in [-0.2, -0.15) is 0 Å². The van der Waals surface area contributed by atoms with Gasteiger partial charge in [-0.25, -0.2) is 0 Å². The molecule has 1 saturated heterocycles. The van der Waals surface area contributed by atoms with E-state index in [1.54, 1.807) is 19.2 Å². The summed E-state index contributed by atoms with van der Waals surface area (Å²) in [5.41, 5.74) is 3.09. The summed E-state index contributed by atoms with van der Waals surface area (Å²) in [6, 6.07) is 5.97. The third-order valence-electron chi connectivity index (χ3n) is 4.57. The minimum atomic E-state index is -4.68. The van der Waals surface area contributed by atoms with Gasteiger partial charge >= 0.3 is 6.36 Å². The molecule has 2 aliphatic rings. The van der Waals surface area contributed by atoms with Crippen molar-refractivity contribution in [2.45, 2.75) is 26.6 Å². The first kappa shape index (κ1) is 23.1. The molecule has 0 atom stereocenters. The normalized spacial score (nSPS) is 17.2. The summed E-state index contributed by atoms with van der Waals surface area (Å²) in [7, 11) is 1.66. The van der Waals surface area contributed by atoms with Gasteiger partial charge in [0.25, 0.3) is 0 Å². The molecular formula is C21H30F3N3O2. The van der Waals surface area contributed by atoms with Gasteiger partial charge in [-0.05, 0) is 36.4 Å². The average molecular weight is 413 g/mol. The van der Waals surface area contributed by atoms with Crippen LogP contribution in [0.2, 0.25) is 0 Å². The Bertz CT molecular complexity index is 681. The van der Waals surface area contributed by atoms with Gasteiger partial charge in [0.2, 0.25) is 0 Å². The molecule has 1 aromatic rings. The Balaban J connectivity index is 0.00000145. The van der Waals surface area contributed by atoms with Crippen LogP contribution < -0.4 is 15.0 Å². The Labute approximate surface area is 170 Å². The lowest BCUT2D eigenvalue weighted by Crippen LogP contribution is -2.43. The molecule has 8 heteroatoms. The predicted molar refractivity (Wildman–Crippen MR) is 109 cm³/mol. The van der Waals surface area contributed by atoms with Crippen LogP contribution in [0.1, 0.15) is 20.3 Å². The number of alkyl halides is 3. The second-order valence-corrected chi connectivity index (χ2v) is 6.40. The number of nitrogens with one attached hydrogen (secondary N) is 1. The summed E-state index contributed by atoms with van der Waals surface area (Å²) in [4.78, 5) is 4.43. The van der Waals surface area contributed by atoms with E-state index >= 15 is 0 Å². The van der Waals surface area contributed by atoms with E-state index in [-0.39, 0.29) is 5.75 Å². The number of anilines is 1. The number of hydrogen-bond donors (Lipinski definition) is 1. The Morgan fingerprint density at radius 3 is 2.31 bits per heavy atom. The molecule has 3 rings (SSSR count). The smallest absolute Gasteiger partial charge is 0.406 e. The fourth-order valence-corrected chi connectivity index (χ4v) is 3.27. The van der Waals surface area contributed by atoms with Crippen LogP contribution >= 0.6 is 0 Å². The van der Waals surface area contributed by atoms with Gasteiger partial charge in [-0.3, -0.25) is 0 Å². The fraction of sp³-hybridized carbons (Fsp3) is 0.524. The highest BCUT2D eigenvalue weighted by atomic mass is 19.4. The number of ether oxygens (including phenoxy) is 2. The Morgan fingerprint density at radius 1 is 1.07 bits per heavy atom. The van der Waals surface area contributed by atoms with Crippen LogP contribution in [0.3, 0.4) is 0 Å². The minimum Gasteiger partial charge on any atom is -0.406 e. The SMILES string of the molecule is CC.COCCC1=CC(N2CCNCC2)=CCN1c1ccc(OC(F)(F)F)cc1. The van der Waals surface area contributed by atoms with Crippen molar-refractivity contribution in [1.29, 1.82) is 0 Å². The third kappa shape index (κ3) is 6.97. The number of hydrogen-bond acceptors (Lipinski definition) is 5. The first-order chi connectivity index (χ1) is 14.0. The highest BCUT2D eigenvalue weighted by Gasteiger charge is 2.31. The van der Waals surface area contributed by atoms with Gasteiger partial charge in [0.15, 0.2) is 0 Å². The van der Waals surface area contributed by atoms with Crippen LogP contribution in [0.4, 0.5) is 18.9 Å². The first-order valence-corrected chi connectivity index (χ1v) is 9.95. The van der Waals surface area contributed by atoms with Crippen molar-refractivity contribution in [3.63, 3.8) is 0 Å². The molecule has 0 aliphatic carbocycles. The van der Waals surface area contributed by atoms with Gasteiger partial charge in [0.05, 0.1) is 6.61 Å². The van der Waals surface area contributed by atoms with Gasteiger partial charge in [0.1, 0.15) is 5.75 Å². The molecule has 2 aliphatic heterocycles. The van der Waals surface area contributed by atoms with Crippen molar-refractivity contribution in [3.05, 3.63) is 47.8 Å². The molecule has 0 unspecified atom stereocenters. The molecule has 5 nitrogen and oxygen atoms in total. The summed E-state index contributed by atoms with van der Waals surface area (Å²) in [6.07, 6.45) is 0.341. The van der Waals surface area contributed by atoms with E-state index in [1.807, 2.05) is 13.8 Å². The van der Waals surface area contributed by atoms with Crippen molar-refractivity contribution in [2.24, 2.45) is 0 Å². The molecule has 1 fully saturated rings. The summed E-state index contributed by atoms with van der Waals surface area (Å²) >= 11 is 0. The second-order valence-electron chi connectivity index (χ2n) is 6.40. The number of methoxy groups -OCH3 is 1. The molecule has 2 heterocycles. The zero-order valence-electron chi connectivity index (χ0n) is 17.3.